The molecule has 0 atom stereocenters. The van der Waals surface area contributed by atoms with Crippen LogP contribution in [0, 0.1) is 0 Å². The molecular weight excluding hydrogens is 280 g/mol. The summed E-state index contributed by atoms with van der Waals surface area (Å²) in [6.07, 6.45) is 0. The van der Waals surface area contributed by atoms with Gasteiger partial charge < -0.3 is 0 Å². The number of amidine groups is 2. The zero-order chi connectivity index (χ0) is 13.8. The van der Waals surface area contributed by atoms with E-state index in [2.05, 4.69) is 21.1 Å². The molecule has 0 unspecified atom stereocenters. The van der Waals surface area contributed by atoms with Crippen LogP contribution in [0.3, 0.4) is 0 Å². The van der Waals surface area contributed by atoms with Gasteiger partial charge in [0.15, 0.2) is 31.3 Å². The first-order chi connectivity index (χ1) is 8.28. The van der Waals surface area contributed by atoms with Crippen LogP contribution in [0.5, 0.6) is 0 Å². The smallest absolute Gasteiger partial charge is 0.158 e. The highest BCUT2D eigenvalue weighted by Gasteiger charge is 2.18. The summed E-state index contributed by atoms with van der Waals surface area (Å²) in [7, 11) is -6.39. The van der Waals surface area contributed by atoms with Gasteiger partial charge >= 0.3 is 0 Å². The second kappa shape index (κ2) is 5.65. The maximum Gasteiger partial charge on any atom is 0.158 e. The molecule has 1 heterocycles. The standard InChI is InChI=1S/C8H16N4O4S2/c1-3-17(13,14)5-7-9-11-8(12-10-7)6-18(15,16)4-2/h3-6H2,1-2H3,(H,9,10)(H,11,12). The van der Waals surface area contributed by atoms with E-state index in [9.17, 15) is 16.8 Å². The Morgan fingerprint density at radius 1 is 0.833 bits per heavy atom. The van der Waals surface area contributed by atoms with Gasteiger partial charge in [0, 0.05) is 11.5 Å². The van der Waals surface area contributed by atoms with E-state index in [-0.39, 0.29) is 34.7 Å². The fraction of sp³-hybridized carbons (Fsp3) is 0.750. The molecule has 1 rings (SSSR count). The second-order valence-corrected chi connectivity index (χ2v) is 8.40. The summed E-state index contributed by atoms with van der Waals surface area (Å²) in [4.78, 5) is 0. The summed E-state index contributed by atoms with van der Waals surface area (Å²) in [5.74, 6) is -0.200. The van der Waals surface area contributed by atoms with Crippen LogP contribution in [0.1, 0.15) is 13.8 Å². The van der Waals surface area contributed by atoms with Gasteiger partial charge in [0.25, 0.3) is 0 Å². The maximum absolute atomic E-state index is 11.3. The number of hydrazone groups is 2. The van der Waals surface area contributed by atoms with E-state index in [1.54, 1.807) is 0 Å². The van der Waals surface area contributed by atoms with Gasteiger partial charge in [-0.15, -0.1) is 0 Å². The number of nitrogens with one attached hydrogen (secondary N) is 2. The monoisotopic (exact) mass is 296 g/mol. The summed E-state index contributed by atoms with van der Waals surface area (Å²) >= 11 is 0. The van der Waals surface area contributed by atoms with Crippen LogP contribution in [-0.2, 0) is 19.7 Å². The number of hydrogen-bond acceptors (Lipinski definition) is 8. The third-order valence-corrected chi connectivity index (χ3v) is 5.42. The van der Waals surface area contributed by atoms with Crippen molar-refractivity contribution in [3.05, 3.63) is 0 Å². The Morgan fingerprint density at radius 3 is 1.39 bits per heavy atom. The molecule has 1 aliphatic heterocycles. The Balaban J connectivity index is 2.60. The molecule has 104 valence electrons. The second-order valence-electron chi connectivity index (χ2n) is 3.69. The highest BCUT2D eigenvalue weighted by atomic mass is 32.2. The summed E-state index contributed by atoms with van der Waals surface area (Å²) in [6.45, 7) is 3.07. The van der Waals surface area contributed by atoms with Crippen molar-refractivity contribution in [1.29, 1.82) is 0 Å². The van der Waals surface area contributed by atoms with E-state index in [0.29, 0.717) is 0 Å². The summed E-state index contributed by atoms with van der Waals surface area (Å²) in [5.41, 5.74) is 4.88. The van der Waals surface area contributed by atoms with Gasteiger partial charge in [-0.25, -0.2) is 16.8 Å². The van der Waals surface area contributed by atoms with Crippen molar-refractivity contribution in [1.82, 2.24) is 10.9 Å². The van der Waals surface area contributed by atoms with Crippen LogP contribution in [0.4, 0.5) is 0 Å². The van der Waals surface area contributed by atoms with Crippen LogP contribution in [0.2, 0.25) is 0 Å². The van der Waals surface area contributed by atoms with Crippen molar-refractivity contribution < 1.29 is 16.8 Å². The minimum Gasteiger partial charge on any atom is -0.261 e. The van der Waals surface area contributed by atoms with Crippen molar-refractivity contribution in [2.45, 2.75) is 13.8 Å². The Hall–Kier alpha value is -1.16. The first kappa shape index (κ1) is 14.9. The lowest BCUT2D eigenvalue weighted by Crippen LogP contribution is -2.40. The van der Waals surface area contributed by atoms with Crippen molar-refractivity contribution in [2.24, 2.45) is 10.2 Å². The number of rotatable bonds is 6. The van der Waals surface area contributed by atoms with Gasteiger partial charge in [0.05, 0.1) is 0 Å². The molecule has 0 aromatic carbocycles. The Kier molecular flexibility index (Phi) is 4.68. The van der Waals surface area contributed by atoms with Crippen molar-refractivity contribution in [3.63, 3.8) is 0 Å². The molecule has 0 spiro atoms. The molecule has 0 bridgehead atoms. The predicted octanol–water partition coefficient (Wildman–Crippen LogP) is -1.32. The van der Waals surface area contributed by atoms with E-state index in [1.165, 1.54) is 13.8 Å². The minimum absolute atomic E-state index is 0.00842. The van der Waals surface area contributed by atoms with Gasteiger partial charge in [-0.05, 0) is 0 Å². The molecule has 2 N–H and O–H groups in total. The number of nitrogens with zero attached hydrogens (tertiary/aromatic N) is 2. The van der Waals surface area contributed by atoms with Crippen LogP contribution >= 0.6 is 0 Å². The molecule has 0 amide bonds. The van der Waals surface area contributed by atoms with E-state index in [4.69, 9.17) is 0 Å². The zero-order valence-corrected chi connectivity index (χ0v) is 11.8. The molecule has 0 radical (unpaired) electrons. The Bertz CT molecular complexity index is 510. The van der Waals surface area contributed by atoms with Crippen molar-refractivity contribution in [2.75, 3.05) is 23.0 Å². The normalized spacial score (nSPS) is 16.3. The van der Waals surface area contributed by atoms with E-state index in [0.717, 1.165) is 0 Å². The van der Waals surface area contributed by atoms with Gasteiger partial charge in [-0.3, -0.25) is 10.9 Å². The Labute approximate surface area is 106 Å². The van der Waals surface area contributed by atoms with Crippen LogP contribution in [0.15, 0.2) is 10.2 Å². The SMILES string of the molecule is CCS(=O)(=O)CC1=NNC(CS(=O)(=O)CC)=NN1. The predicted molar refractivity (Wildman–Crippen MR) is 69.8 cm³/mol. The van der Waals surface area contributed by atoms with E-state index >= 15 is 0 Å². The molecule has 0 saturated heterocycles. The molecular formula is C8H16N4O4S2. The van der Waals surface area contributed by atoms with E-state index in [1.807, 2.05) is 0 Å². The molecule has 0 aromatic rings. The molecule has 0 aliphatic carbocycles. The molecule has 10 heteroatoms. The summed E-state index contributed by atoms with van der Waals surface area (Å²) in [5, 5.41) is 7.49. The van der Waals surface area contributed by atoms with Gasteiger partial charge in [0.2, 0.25) is 0 Å². The van der Waals surface area contributed by atoms with Crippen molar-refractivity contribution in [3.8, 4) is 0 Å². The fourth-order valence-electron chi connectivity index (χ4n) is 1.06. The number of hydrogen-bond donors (Lipinski definition) is 2. The van der Waals surface area contributed by atoms with Crippen LogP contribution in [0.25, 0.3) is 0 Å². The van der Waals surface area contributed by atoms with E-state index < -0.39 is 19.7 Å². The number of sulfone groups is 2. The molecule has 0 aromatic heterocycles. The topological polar surface area (TPSA) is 117 Å². The lowest BCUT2D eigenvalue weighted by Gasteiger charge is -2.14. The first-order valence-electron chi connectivity index (χ1n) is 5.34. The summed E-state index contributed by atoms with van der Waals surface area (Å²) < 4.78 is 45.3. The molecule has 0 saturated carbocycles. The molecule has 8 nitrogen and oxygen atoms in total. The average Bonchev–Trinajstić information content (AvgIpc) is 2.31. The van der Waals surface area contributed by atoms with Crippen LogP contribution in [-0.4, -0.2) is 51.5 Å². The zero-order valence-electron chi connectivity index (χ0n) is 10.2. The quantitative estimate of drug-likeness (QED) is 0.627. The highest BCUT2D eigenvalue weighted by Crippen LogP contribution is 1.96. The molecule has 0 fully saturated rings. The summed E-state index contributed by atoms with van der Waals surface area (Å²) in [6, 6.07) is 0. The first-order valence-corrected chi connectivity index (χ1v) is 8.98. The fourth-order valence-corrected chi connectivity index (χ4v) is 2.56. The van der Waals surface area contributed by atoms with Gasteiger partial charge in [0.1, 0.15) is 11.5 Å². The van der Waals surface area contributed by atoms with Gasteiger partial charge in [-0.2, -0.15) is 10.2 Å². The lowest BCUT2D eigenvalue weighted by molar-refractivity contribution is 0.597. The molecule has 1 aliphatic rings. The lowest BCUT2D eigenvalue weighted by atomic mass is 10.6. The minimum atomic E-state index is -3.20. The average molecular weight is 296 g/mol. The largest absolute Gasteiger partial charge is 0.261 e. The van der Waals surface area contributed by atoms with Crippen LogP contribution < -0.4 is 10.9 Å². The maximum atomic E-state index is 11.3. The third-order valence-electron chi connectivity index (χ3n) is 2.23. The third kappa shape index (κ3) is 4.61. The Morgan fingerprint density at radius 2 is 1.17 bits per heavy atom. The highest BCUT2D eigenvalue weighted by molar-refractivity contribution is 7.92. The van der Waals surface area contributed by atoms with Gasteiger partial charge in [-0.1, -0.05) is 13.8 Å². The van der Waals surface area contributed by atoms with Crippen molar-refractivity contribution >= 4 is 31.3 Å². The molecule has 18 heavy (non-hydrogen) atoms.